The van der Waals surface area contributed by atoms with Gasteiger partial charge in [0.15, 0.2) is 0 Å². The molecule has 0 unspecified atom stereocenters. The van der Waals surface area contributed by atoms with Gasteiger partial charge in [-0.15, -0.1) is 6.58 Å². The van der Waals surface area contributed by atoms with E-state index in [4.69, 9.17) is 9.47 Å². The molecule has 2 atom stereocenters. The molecule has 48 heavy (non-hydrogen) atoms. The zero-order valence-electron chi connectivity index (χ0n) is 29.9. The monoisotopic (exact) mass is 679 g/mol. The molecule has 2 aliphatic heterocycles. The topological polar surface area (TPSA) is 65.1 Å². The van der Waals surface area contributed by atoms with Gasteiger partial charge in [0.05, 0.1) is 19.5 Å². The predicted molar refractivity (Wildman–Crippen MR) is 194 cm³/mol. The van der Waals surface area contributed by atoms with Crippen molar-refractivity contribution >= 4 is 10.0 Å². The molecule has 0 spiro atoms. The third kappa shape index (κ3) is 9.07. The van der Waals surface area contributed by atoms with Gasteiger partial charge in [0, 0.05) is 38.8 Å². The minimum absolute atomic E-state index is 0.102. The van der Waals surface area contributed by atoms with E-state index in [1.807, 2.05) is 12.1 Å². The van der Waals surface area contributed by atoms with Gasteiger partial charge in [-0.3, -0.25) is 0 Å². The Hall–Kier alpha value is -3.20. The molecule has 1 aliphatic carbocycles. The maximum Gasteiger partial charge on any atom is 0.211 e. The Labute approximate surface area is 288 Å². The highest BCUT2D eigenvalue weighted by atomic mass is 32.2. The Morgan fingerprint density at radius 1 is 1.00 bits per heavy atom. The van der Waals surface area contributed by atoms with E-state index in [-0.39, 0.29) is 11.7 Å². The van der Waals surface area contributed by atoms with E-state index < -0.39 is 10.0 Å². The maximum atomic E-state index is 14.7. The molecular formula is C40H54FNO5S. The zero-order chi connectivity index (χ0) is 35.0. The van der Waals surface area contributed by atoms with Gasteiger partial charge in [-0.05, 0) is 134 Å². The smallest absolute Gasteiger partial charge is 0.211 e. The maximum absolute atomic E-state index is 14.7. The summed E-state index contributed by atoms with van der Waals surface area (Å²) in [6.45, 7) is 14.9. The second kappa shape index (κ2) is 17.0. The molecule has 6 rings (SSSR count). The minimum atomic E-state index is -3.11. The number of hydrogen-bond donors (Lipinski definition) is 0. The Bertz CT molecular complexity index is 1640. The highest BCUT2D eigenvalue weighted by Gasteiger charge is 2.29. The highest BCUT2D eigenvalue weighted by Crippen LogP contribution is 2.44. The quantitative estimate of drug-likeness (QED) is 0.223. The van der Waals surface area contributed by atoms with E-state index in [1.165, 1.54) is 29.4 Å². The number of hydrogen-bond acceptors (Lipinski definition) is 5. The summed E-state index contributed by atoms with van der Waals surface area (Å²) in [7, 11) is 0.141. The van der Waals surface area contributed by atoms with Crippen LogP contribution in [0, 0.1) is 32.5 Å². The molecule has 8 heteroatoms. The van der Waals surface area contributed by atoms with Gasteiger partial charge in [-0.2, -0.15) is 0 Å². The van der Waals surface area contributed by atoms with E-state index in [9.17, 15) is 12.8 Å². The summed E-state index contributed by atoms with van der Waals surface area (Å²) in [6, 6.07) is 14.2. The number of nitrogens with zero attached hydrogens (tertiary/aromatic N) is 1. The van der Waals surface area contributed by atoms with Crippen LogP contribution in [0.5, 0.6) is 11.5 Å². The fourth-order valence-electron chi connectivity index (χ4n) is 7.26. The first-order chi connectivity index (χ1) is 22.9. The van der Waals surface area contributed by atoms with Crippen molar-refractivity contribution in [1.82, 2.24) is 4.31 Å². The van der Waals surface area contributed by atoms with Crippen molar-refractivity contribution in [3.05, 3.63) is 94.3 Å². The molecule has 0 amide bonds. The minimum Gasteiger partial charge on any atom is -0.493 e. The highest BCUT2D eigenvalue weighted by molar-refractivity contribution is 7.88. The molecule has 0 N–H and O–H groups in total. The molecule has 0 saturated carbocycles. The number of sulfonamides is 1. The van der Waals surface area contributed by atoms with Gasteiger partial charge in [0.25, 0.3) is 0 Å². The van der Waals surface area contributed by atoms with Gasteiger partial charge in [-0.25, -0.2) is 17.1 Å². The van der Waals surface area contributed by atoms with Gasteiger partial charge >= 0.3 is 0 Å². The first kappa shape index (κ1) is 37.6. The van der Waals surface area contributed by atoms with Crippen molar-refractivity contribution in [3.8, 4) is 22.6 Å². The lowest BCUT2D eigenvalue weighted by Gasteiger charge is -2.30. The van der Waals surface area contributed by atoms with Gasteiger partial charge < -0.3 is 14.2 Å². The lowest BCUT2D eigenvalue weighted by Crippen LogP contribution is -2.39. The van der Waals surface area contributed by atoms with Crippen LogP contribution in [0.2, 0.25) is 0 Å². The molecule has 3 aromatic carbocycles. The average Bonchev–Trinajstić information content (AvgIpc) is 3.66. The largest absolute Gasteiger partial charge is 0.493 e. The number of rotatable bonds is 8. The molecule has 3 aromatic rings. The summed E-state index contributed by atoms with van der Waals surface area (Å²) < 4.78 is 55.6. The molecule has 0 aromatic heterocycles. The van der Waals surface area contributed by atoms with Crippen LogP contribution in [0.1, 0.15) is 84.2 Å². The molecule has 2 heterocycles. The fraction of sp³-hybridized carbons (Fsp3) is 0.500. The van der Waals surface area contributed by atoms with Crippen LogP contribution in [-0.4, -0.2) is 59.5 Å². The fourth-order valence-corrected chi connectivity index (χ4v) is 8.13. The normalized spacial score (nSPS) is 18.8. The lowest BCUT2D eigenvalue weighted by atomic mass is 9.89. The van der Waals surface area contributed by atoms with Crippen LogP contribution in [0.25, 0.3) is 11.1 Å². The third-order valence-electron chi connectivity index (χ3n) is 9.75. The van der Waals surface area contributed by atoms with Crippen molar-refractivity contribution < 1.29 is 27.0 Å². The Morgan fingerprint density at radius 2 is 1.67 bits per heavy atom. The van der Waals surface area contributed by atoms with E-state index in [0.717, 1.165) is 78.0 Å². The summed E-state index contributed by atoms with van der Waals surface area (Å²) in [5.74, 6) is 3.03. The third-order valence-corrected chi connectivity index (χ3v) is 11.1. The van der Waals surface area contributed by atoms with E-state index in [1.54, 1.807) is 24.6 Å². The second-order valence-electron chi connectivity index (χ2n) is 13.5. The standard InChI is InChI=1S/C27H34FNO3S.C11H14O.C2H6O/c1-5-6-21-7-8-24-23(9-10-25(28)27(21)24)26-18(2)15-22(16-19(26)3)32-17-20-11-13-29(14-12-20)33(4,30)31;1-3-9-7-12-11-6-8(2)4-5-10(9)11;1-3-2/h5,9-10,15-16,20-21H,1,6-8,11-14,17H2,2-4H3;4-6,9H,3,7H2,1-2H3;1-2H3/t21-;9-;/m11./s1. The van der Waals surface area contributed by atoms with Crippen molar-refractivity contribution in [3.63, 3.8) is 0 Å². The summed E-state index contributed by atoms with van der Waals surface area (Å²) in [5.41, 5.74) is 9.22. The Balaban J connectivity index is 0.000000286. The van der Waals surface area contributed by atoms with E-state index in [2.05, 4.69) is 69.3 Å². The number of aryl methyl sites for hydroxylation is 3. The predicted octanol–water partition coefficient (Wildman–Crippen LogP) is 8.91. The number of methoxy groups -OCH3 is 1. The van der Waals surface area contributed by atoms with Crippen LogP contribution in [0.15, 0.2) is 55.1 Å². The number of ether oxygens (including phenoxy) is 3. The van der Waals surface area contributed by atoms with Crippen molar-refractivity contribution in [2.45, 2.75) is 78.1 Å². The van der Waals surface area contributed by atoms with Crippen molar-refractivity contribution in [2.24, 2.45) is 5.92 Å². The Kier molecular flexibility index (Phi) is 13.3. The second-order valence-corrected chi connectivity index (χ2v) is 15.4. The first-order valence-corrected chi connectivity index (χ1v) is 19.0. The number of halogens is 1. The number of benzene rings is 3. The summed E-state index contributed by atoms with van der Waals surface area (Å²) in [6.07, 6.45) is 8.63. The molecule has 1 fully saturated rings. The summed E-state index contributed by atoms with van der Waals surface area (Å²) in [4.78, 5) is 0. The van der Waals surface area contributed by atoms with Crippen LogP contribution < -0.4 is 9.47 Å². The molecule has 0 radical (unpaired) electrons. The van der Waals surface area contributed by atoms with Gasteiger partial charge in [-0.1, -0.05) is 31.2 Å². The number of fused-ring (bicyclic) bond motifs is 2. The zero-order valence-corrected chi connectivity index (χ0v) is 30.7. The summed E-state index contributed by atoms with van der Waals surface area (Å²) >= 11 is 0. The molecular weight excluding hydrogens is 626 g/mol. The van der Waals surface area contributed by atoms with Crippen molar-refractivity contribution in [1.29, 1.82) is 0 Å². The van der Waals surface area contributed by atoms with Gasteiger partial charge in [0.1, 0.15) is 17.3 Å². The summed E-state index contributed by atoms with van der Waals surface area (Å²) in [5, 5.41) is 0. The first-order valence-electron chi connectivity index (χ1n) is 17.2. The average molecular weight is 680 g/mol. The molecule has 0 bridgehead atoms. The molecule has 6 nitrogen and oxygen atoms in total. The number of piperidine rings is 1. The van der Waals surface area contributed by atoms with Crippen molar-refractivity contribution in [2.75, 3.05) is 46.8 Å². The van der Waals surface area contributed by atoms with Crippen LogP contribution >= 0.6 is 0 Å². The molecule has 3 aliphatic rings. The number of allylic oxidation sites excluding steroid dienone is 1. The van der Waals surface area contributed by atoms with E-state index >= 15 is 0 Å². The molecule has 1 saturated heterocycles. The molecule has 262 valence electrons. The SMILES string of the molecule is C=CC[C@@H]1CCc2c(-c3c(C)cc(OCC4CCN(S(C)(=O)=O)CC4)cc3C)ccc(F)c21.CC[C@@H]1COc2cc(C)ccc21.COC. The van der Waals surface area contributed by atoms with Crippen LogP contribution in [0.4, 0.5) is 4.39 Å². The van der Waals surface area contributed by atoms with Crippen LogP contribution in [-0.2, 0) is 21.2 Å². The van der Waals surface area contributed by atoms with E-state index in [0.29, 0.717) is 31.5 Å². The lowest BCUT2D eigenvalue weighted by molar-refractivity contribution is 0.185. The Morgan fingerprint density at radius 3 is 2.27 bits per heavy atom. The van der Waals surface area contributed by atoms with Crippen LogP contribution in [0.3, 0.4) is 0 Å². The van der Waals surface area contributed by atoms with Gasteiger partial charge in [0.2, 0.25) is 10.0 Å².